The summed E-state index contributed by atoms with van der Waals surface area (Å²) < 4.78 is 0. The molecule has 1 unspecified atom stereocenters. The molecule has 2 rings (SSSR count). The minimum absolute atomic E-state index is 0.301. The molecule has 0 saturated heterocycles. The first-order valence-corrected chi connectivity index (χ1v) is 4.84. The van der Waals surface area contributed by atoms with E-state index >= 15 is 0 Å². The smallest absolute Gasteiger partial charge is 0.136 e. The van der Waals surface area contributed by atoms with E-state index in [1.54, 1.807) is 0 Å². The summed E-state index contributed by atoms with van der Waals surface area (Å²) in [6.45, 7) is 6.00. The largest absolute Gasteiger partial charge is 0.299 e. The minimum atomic E-state index is 0.301. The number of hydrogen-bond donors (Lipinski definition) is 0. The number of carbonyl (C=O) groups excluding carboxylic acids is 1. The molecule has 0 spiro atoms. The molecule has 2 aliphatic carbocycles. The van der Waals surface area contributed by atoms with Gasteiger partial charge in [0, 0.05) is 12.3 Å². The second-order valence-electron chi connectivity index (χ2n) is 4.44. The number of Topliss-reactive ketones (excluding diaryl/α,β-unsaturated/α-hetero) is 1. The lowest BCUT2D eigenvalue weighted by Gasteiger charge is -2.04. The van der Waals surface area contributed by atoms with Crippen molar-refractivity contribution in [3.63, 3.8) is 0 Å². The number of allylic oxidation sites excluding steroid dienone is 1. The van der Waals surface area contributed by atoms with Crippen LogP contribution in [0, 0.1) is 17.3 Å². The summed E-state index contributed by atoms with van der Waals surface area (Å²) >= 11 is 0. The molecule has 0 heterocycles. The summed E-state index contributed by atoms with van der Waals surface area (Å²) in [5.74, 6) is 1.59. The predicted octanol–water partition coefficient (Wildman–Crippen LogP) is 2.57. The summed E-state index contributed by atoms with van der Waals surface area (Å²) in [5, 5.41) is 0. The van der Waals surface area contributed by atoms with Crippen molar-refractivity contribution in [2.24, 2.45) is 17.3 Å². The highest BCUT2D eigenvalue weighted by atomic mass is 16.1. The maximum absolute atomic E-state index is 11.5. The molecule has 0 aromatic rings. The zero-order chi connectivity index (χ0) is 8.77. The van der Waals surface area contributed by atoms with Gasteiger partial charge in [-0.3, -0.25) is 4.79 Å². The van der Waals surface area contributed by atoms with Crippen molar-refractivity contribution >= 4 is 5.78 Å². The average Bonchev–Trinajstić information content (AvgIpc) is 2.60. The molecule has 1 nitrogen and oxygen atoms in total. The molecule has 2 saturated carbocycles. The second-order valence-corrected chi connectivity index (χ2v) is 4.44. The third kappa shape index (κ3) is 0.886. The molecule has 0 aromatic heterocycles. The highest BCUT2D eigenvalue weighted by molar-refractivity contribution is 5.86. The summed E-state index contributed by atoms with van der Waals surface area (Å²) in [5.41, 5.74) is 0.301. The van der Waals surface area contributed by atoms with Gasteiger partial charge in [-0.2, -0.15) is 0 Å². The van der Waals surface area contributed by atoms with Gasteiger partial charge in [-0.1, -0.05) is 13.0 Å². The van der Waals surface area contributed by atoms with Crippen molar-refractivity contribution in [3.05, 3.63) is 12.7 Å². The van der Waals surface area contributed by atoms with Gasteiger partial charge in [0.2, 0.25) is 0 Å². The summed E-state index contributed by atoms with van der Waals surface area (Å²) in [6, 6.07) is 0. The van der Waals surface area contributed by atoms with E-state index in [0.717, 1.165) is 19.3 Å². The Kier molecular flexibility index (Phi) is 1.64. The van der Waals surface area contributed by atoms with Crippen molar-refractivity contribution in [2.75, 3.05) is 0 Å². The zero-order valence-corrected chi connectivity index (χ0v) is 7.68. The first kappa shape index (κ1) is 8.03. The fourth-order valence-corrected chi connectivity index (χ4v) is 2.99. The molecule has 0 amide bonds. The lowest BCUT2D eigenvalue weighted by molar-refractivity contribution is -0.122. The Balaban J connectivity index is 2.13. The van der Waals surface area contributed by atoms with Gasteiger partial charge < -0.3 is 0 Å². The standard InChI is InChI=1S/C11H16O/c1-3-7-11(2)8-5-4-6-9(12)10(8)11/h3,8,10H,1,4-7H2,2H3/t8-,10-,11?/m1/s1. The van der Waals surface area contributed by atoms with Crippen LogP contribution < -0.4 is 0 Å². The van der Waals surface area contributed by atoms with Crippen molar-refractivity contribution in [2.45, 2.75) is 32.6 Å². The van der Waals surface area contributed by atoms with Crippen molar-refractivity contribution in [3.8, 4) is 0 Å². The molecule has 12 heavy (non-hydrogen) atoms. The van der Waals surface area contributed by atoms with Crippen LogP contribution in [0.3, 0.4) is 0 Å². The molecule has 66 valence electrons. The second kappa shape index (κ2) is 2.45. The molecule has 1 heteroatoms. The first-order valence-electron chi connectivity index (χ1n) is 4.84. The summed E-state index contributed by atoms with van der Waals surface area (Å²) in [4.78, 5) is 11.5. The minimum Gasteiger partial charge on any atom is -0.299 e. The Morgan fingerprint density at radius 3 is 3.08 bits per heavy atom. The van der Waals surface area contributed by atoms with Gasteiger partial charge in [-0.15, -0.1) is 6.58 Å². The molecule has 0 aromatic carbocycles. The quantitative estimate of drug-likeness (QED) is 0.573. The van der Waals surface area contributed by atoms with Crippen LogP contribution in [0.2, 0.25) is 0 Å². The topological polar surface area (TPSA) is 17.1 Å². The fourth-order valence-electron chi connectivity index (χ4n) is 2.99. The maximum Gasteiger partial charge on any atom is 0.136 e. The van der Waals surface area contributed by atoms with E-state index in [1.165, 1.54) is 6.42 Å². The van der Waals surface area contributed by atoms with E-state index < -0.39 is 0 Å². The number of hydrogen-bond acceptors (Lipinski definition) is 1. The molecule has 0 aliphatic heterocycles. The molecular weight excluding hydrogens is 148 g/mol. The van der Waals surface area contributed by atoms with E-state index in [-0.39, 0.29) is 0 Å². The maximum atomic E-state index is 11.5. The highest BCUT2D eigenvalue weighted by Gasteiger charge is 2.63. The van der Waals surface area contributed by atoms with Crippen LogP contribution in [0.25, 0.3) is 0 Å². The van der Waals surface area contributed by atoms with Gasteiger partial charge in [-0.25, -0.2) is 0 Å². The van der Waals surface area contributed by atoms with Crippen molar-refractivity contribution in [1.29, 1.82) is 0 Å². The predicted molar refractivity (Wildman–Crippen MR) is 48.8 cm³/mol. The summed E-state index contributed by atoms with van der Waals surface area (Å²) in [6.07, 6.45) is 6.20. The van der Waals surface area contributed by atoms with Crippen LogP contribution in [0.4, 0.5) is 0 Å². The van der Waals surface area contributed by atoms with Crippen LogP contribution in [-0.4, -0.2) is 5.78 Å². The van der Waals surface area contributed by atoms with Gasteiger partial charge >= 0.3 is 0 Å². The first-order chi connectivity index (χ1) is 5.70. The molecule has 2 aliphatic rings. The van der Waals surface area contributed by atoms with Crippen molar-refractivity contribution in [1.82, 2.24) is 0 Å². The molecule has 2 fully saturated rings. The van der Waals surface area contributed by atoms with Gasteiger partial charge in [0.05, 0.1) is 0 Å². The molecule has 3 atom stereocenters. The Morgan fingerprint density at radius 1 is 1.75 bits per heavy atom. The van der Waals surface area contributed by atoms with E-state index in [2.05, 4.69) is 13.5 Å². The fraction of sp³-hybridized carbons (Fsp3) is 0.727. The Morgan fingerprint density at radius 2 is 2.50 bits per heavy atom. The van der Waals surface area contributed by atoms with E-state index in [1.807, 2.05) is 6.08 Å². The lowest BCUT2D eigenvalue weighted by atomic mass is 9.99. The van der Waals surface area contributed by atoms with Crippen LogP contribution in [0.1, 0.15) is 32.6 Å². The number of rotatable bonds is 2. The van der Waals surface area contributed by atoms with E-state index in [0.29, 0.717) is 23.0 Å². The number of carbonyl (C=O) groups is 1. The monoisotopic (exact) mass is 164 g/mol. The number of ketones is 1. The Bertz CT molecular complexity index is 231. The normalized spacial score (nSPS) is 45.2. The Labute approximate surface area is 73.8 Å². The molecule has 0 bridgehead atoms. The van der Waals surface area contributed by atoms with Gasteiger partial charge in [0.1, 0.15) is 5.78 Å². The van der Waals surface area contributed by atoms with E-state index in [9.17, 15) is 4.79 Å². The van der Waals surface area contributed by atoms with E-state index in [4.69, 9.17) is 0 Å². The summed E-state index contributed by atoms with van der Waals surface area (Å²) in [7, 11) is 0. The van der Waals surface area contributed by atoms with Crippen molar-refractivity contribution < 1.29 is 4.79 Å². The van der Waals surface area contributed by atoms with Gasteiger partial charge in [-0.05, 0) is 30.6 Å². The molecule has 0 radical (unpaired) electrons. The molecular formula is C11H16O. The zero-order valence-electron chi connectivity index (χ0n) is 7.68. The Hall–Kier alpha value is -0.590. The number of fused-ring (bicyclic) bond motifs is 1. The third-order valence-electron chi connectivity index (χ3n) is 3.72. The van der Waals surface area contributed by atoms with Gasteiger partial charge in [0.15, 0.2) is 0 Å². The molecule has 0 N–H and O–H groups in total. The van der Waals surface area contributed by atoms with Crippen LogP contribution in [0.15, 0.2) is 12.7 Å². The SMILES string of the molecule is C=CCC1(C)[C@@H]2CCCC(=O)[C@@H]21. The lowest BCUT2D eigenvalue weighted by Crippen LogP contribution is -2.08. The average molecular weight is 164 g/mol. The third-order valence-corrected chi connectivity index (χ3v) is 3.72. The van der Waals surface area contributed by atoms with Crippen LogP contribution >= 0.6 is 0 Å². The van der Waals surface area contributed by atoms with Gasteiger partial charge in [0.25, 0.3) is 0 Å². The highest BCUT2D eigenvalue weighted by Crippen LogP contribution is 2.65. The van der Waals surface area contributed by atoms with Crippen LogP contribution in [0.5, 0.6) is 0 Å². The van der Waals surface area contributed by atoms with Crippen LogP contribution in [-0.2, 0) is 4.79 Å².